The van der Waals surface area contributed by atoms with Crippen LogP contribution in [0.2, 0.25) is 0 Å². The number of halogens is 1. The van der Waals surface area contributed by atoms with Crippen molar-refractivity contribution in [3.63, 3.8) is 0 Å². The molecule has 0 amide bonds. The predicted octanol–water partition coefficient (Wildman–Crippen LogP) is -1.90. The Balaban J connectivity index is 0. The molecule has 47 valence electrons. The molecule has 3 heteroatoms. The summed E-state index contributed by atoms with van der Waals surface area (Å²) in [7, 11) is 0. The summed E-state index contributed by atoms with van der Waals surface area (Å²) in [6.07, 6.45) is 7.09. The topological polar surface area (TPSA) is 17.1 Å². The Bertz CT molecular complexity index is 112. The summed E-state index contributed by atoms with van der Waals surface area (Å²) < 4.78 is 0. The van der Waals surface area contributed by atoms with E-state index < -0.39 is 0 Å². The number of rotatable bonds is 0. The molecule has 0 aromatic carbocycles. The Morgan fingerprint density at radius 1 is 1.56 bits per heavy atom. The zero-order valence-electron chi connectivity index (χ0n) is 5.19. The molecular weight excluding hydrogens is 280 g/mol. The molecule has 0 aromatic rings. The molecule has 0 aromatic heterocycles. The molecule has 0 fully saturated rings. The molecule has 0 atom stereocenters. The quantitative estimate of drug-likeness (QED) is 0.376. The van der Waals surface area contributed by atoms with Crippen LogP contribution >= 0.6 is 0 Å². The van der Waals surface area contributed by atoms with E-state index in [0.717, 1.165) is 19.3 Å². The first-order chi connectivity index (χ1) is 3.39. The second kappa shape index (κ2) is 6.88. The van der Waals surface area contributed by atoms with Crippen molar-refractivity contribution >= 4 is 5.78 Å². The molecule has 0 bridgehead atoms. The van der Waals surface area contributed by atoms with Crippen LogP contribution in [0, 0.1) is 6.08 Å². The third-order valence-electron chi connectivity index (χ3n) is 1.01. The van der Waals surface area contributed by atoms with Gasteiger partial charge in [-0.3, -0.25) is 4.79 Å². The standard InChI is InChI=1S/C6H7O.HI.Zn/c7-6-4-2-1-3-5-6;;/h5H,1-2,4H2;1H;/p-1. The van der Waals surface area contributed by atoms with Gasteiger partial charge in [-0.2, -0.15) is 0 Å². The van der Waals surface area contributed by atoms with Gasteiger partial charge in [-0.1, -0.05) is 0 Å². The summed E-state index contributed by atoms with van der Waals surface area (Å²) in [5, 5.41) is 0. The maximum absolute atomic E-state index is 10.3. The molecule has 0 spiro atoms. The van der Waals surface area contributed by atoms with Crippen LogP contribution in [-0.2, 0) is 24.3 Å². The molecule has 1 rings (SSSR count). The van der Waals surface area contributed by atoms with E-state index in [1.165, 1.54) is 0 Å². The maximum Gasteiger partial charge on any atom is 0.155 e. The van der Waals surface area contributed by atoms with Gasteiger partial charge >= 0.3 is 0 Å². The summed E-state index contributed by atoms with van der Waals surface area (Å²) in [6, 6.07) is 0. The van der Waals surface area contributed by atoms with Gasteiger partial charge in [-0.15, -0.1) is 0 Å². The van der Waals surface area contributed by atoms with Crippen LogP contribution in [0.3, 0.4) is 0 Å². The number of ketones is 1. The van der Waals surface area contributed by atoms with Gasteiger partial charge in [0.1, 0.15) is 0 Å². The molecule has 1 aliphatic rings. The van der Waals surface area contributed by atoms with E-state index in [1.807, 2.05) is 0 Å². The van der Waals surface area contributed by atoms with Gasteiger partial charge in [0.15, 0.2) is 5.78 Å². The van der Waals surface area contributed by atoms with Crippen LogP contribution in [-0.4, -0.2) is 5.78 Å². The Morgan fingerprint density at radius 3 is 2.44 bits per heavy atom. The third kappa shape index (κ3) is 5.22. The number of hydrogen-bond acceptors (Lipinski definition) is 1. The van der Waals surface area contributed by atoms with Gasteiger partial charge < -0.3 is 24.0 Å². The van der Waals surface area contributed by atoms with E-state index in [0.29, 0.717) is 0 Å². The first-order valence-electron chi connectivity index (χ1n) is 2.49. The fraction of sp³-hybridized carbons (Fsp3) is 0.500. The van der Waals surface area contributed by atoms with Crippen LogP contribution < -0.4 is 24.0 Å². The Kier molecular flexibility index (Phi) is 9.51. The van der Waals surface area contributed by atoms with E-state index in [9.17, 15) is 4.79 Å². The van der Waals surface area contributed by atoms with Crippen molar-refractivity contribution in [3.05, 3.63) is 12.2 Å². The molecule has 0 unspecified atom stereocenters. The fourth-order valence-corrected chi connectivity index (χ4v) is 0.623. The van der Waals surface area contributed by atoms with Gasteiger partial charge in [-0.25, -0.2) is 0 Å². The van der Waals surface area contributed by atoms with Crippen LogP contribution in [0.5, 0.6) is 0 Å². The second-order valence-electron chi connectivity index (χ2n) is 1.67. The van der Waals surface area contributed by atoms with Crippen LogP contribution in [0.1, 0.15) is 19.3 Å². The Morgan fingerprint density at radius 2 is 2.22 bits per heavy atom. The zero-order chi connectivity index (χ0) is 5.11. The molecular formula is C6H7IOZn-. The van der Waals surface area contributed by atoms with Crippen molar-refractivity contribution < 1.29 is 48.2 Å². The zero-order valence-corrected chi connectivity index (χ0v) is 10.3. The second-order valence-corrected chi connectivity index (χ2v) is 1.67. The molecule has 0 saturated carbocycles. The average molecular weight is 287 g/mol. The molecule has 9 heavy (non-hydrogen) atoms. The average Bonchev–Trinajstić information content (AvgIpc) is 1.69. The monoisotopic (exact) mass is 286 g/mol. The molecule has 0 aliphatic heterocycles. The van der Waals surface area contributed by atoms with E-state index >= 15 is 0 Å². The van der Waals surface area contributed by atoms with Gasteiger partial charge in [0.25, 0.3) is 0 Å². The number of allylic oxidation sites excluding steroid dienone is 2. The van der Waals surface area contributed by atoms with Gasteiger partial charge in [0.2, 0.25) is 0 Å². The Hall–Kier alpha value is 0.763. The molecule has 1 radical (unpaired) electrons. The van der Waals surface area contributed by atoms with E-state index in [4.69, 9.17) is 0 Å². The summed E-state index contributed by atoms with van der Waals surface area (Å²) in [4.78, 5) is 10.3. The van der Waals surface area contributed by atoms with Crippen molar-refractivity contribution in [1.82, 2.24) is 0 Å². The van der Waals surface area contributed by atoms with Crippen molar-refractivity contribution in [2.75, 3.05) is 0 Å². The van der Waals surface area contributed by atoms with Crippen molar-refractivity contribution in [2.24, 2.45) is 0 Å². The molecule has 1 nitrogen and oxygen atoms in total. The Labute approximate surface area is 85.1 Å². The van der Waals surface area contributed by atoms with Gasteiger partial charge in [-0.05, 0) is 25.0 Å². The summed E-state index contributed by atoms with van der Waals surface area (Å²) >= 11 is 0. The number of hydrogen-bond donors (Lipinski definition) is 0. The predicted molar refractivity (Wildman–Crippen MR) is 26.7 cm³/mol. The number of carbonyl (C=O) groups excluding carboxylic acids is 1. The van der Waals surface area contributed by atoms with Crippen molar-refractivity contribution in [3.8, 4) is 0 Å². The maximum atomic E-state index is 10.3. The summed E-state index contributed by atoms with van der Waals surface area (Å²) in [5.41, 5.74) is 0. The minimum absolute atomic E-state index is 0. The van der Waals surface area contributed by atoms with E-state index in [-0.39, 0.29) is 49.2 Å². The van der Waals surface area contributed by atoms with Gasteiger partial charge in [0, 0.05) is 25.9 Å². The minimum Gasteiger partial charge on any atom is -1.00 e. The number of carbonyl (C=O) groups is 1. The normalized spacial score (nSPS) is 15.8. The molecule has 0 N–H and O–H groups in total. The largest absolute Gasteiger partial charge is 1.00 e. The first-order valence-corrected chi connectivity index (χ1v) is 2.49. The smallest absolute Gasteiger partial charge is 0.155 e. The van der Waals surface area contributed by atoms with E-state index in [2.05, 4.69) is 6.08 Å². The van der Waals surface area contributed by atoms with Gasteiger partial charge in [0.05, 0.1) is 0 Å². The minimum atomic E-state index is 0. The fourth-order valence-electron chi connectivity index (χ4n) is 0.623. The van der Waals surface area contributed by atoms with Crippen LogP contribution in [0.15, 0.2) is 6.08 Å². The van der Waals surface area contributed by atoms with Crippen LogP contribution in [0.25, 0.3) is 0 Å². The van der Waals surface area contributed by atoms with E-state index in [1.54, 1.807) is 6.08 Å². The van der Waals surface area contributed by atoms with Crippen LogP contribution in [0.4, 0.5) is 0 Å². The molecule has 0 heterocycles. The third-order valence-corrected chi connectivity index (χ3v) is 1.01. The first kappa shape index (κ1) is 12.4. The summed E-state index contributed by atoms with van der Waals surface area (Å²) in [6.45, 7) is 0. The SMILES string of the molecule is O=C1C=[C]CCC1.[I-].[Zn]. The van der Waals surface area contributed by atoms with Crippen molar-refractivity contribution in [2.45, 2.75) is 19.3 Å². The van der Waals surface area contributed by atoms with Crippen molar-refractivity contribution in [1.29, 1.82) is 0 Å². The summed E-state index contributed by atoms with van der Waals surface area (Å²) in [5.74, 6) is 0.228. The molecule has 0 saturated heterocycles. The molecule has 1 aliphatic carbocycles.